The predicted molar refractivity (Wildman–Crippen MR) is 72.1 cm³/mol. The second-order valence-corrected chi connectivity index (χ2v) is 4.61. The number of rotatable bonds is 6. The summed E-state index contributed by atoms with van der Waals surface area (Å²) in [4.78, 5) is 13.6. The van der Waals surface area contributed by atoms with Crippen LogP contribution in [-0.4, -0.2) is 29.0 Å². The lowest BCUT2D eigenvalue weighted by molar-refractivity contribution is -0.132. The van der Waals surface area contributed by atoms with Crippen LogP contribution in [0.1, 0.15) is 31.7 Å². The molecule has 0 saturated carbocycles. The van der Waals surface area contributed by atoms with E-state index in [4.69, 9.17) is 5.73 Å². The topological polar surface area (TPSA) is 66.6 Å². The average molecular weight is 250 g/mol. The van der Waals surface area contributed by atoms with Crippen molar-refractivity contribution in [2.24, 2.45) is 5.73 Å². The van der Waals surface area contributed by atoms with Crippen LogP contribution >= 0.6 is 0 Å². The molecule has 1 unspecified atom stereocenters. The van der Waals surface area contributed by atoms with Crippen molar-refractivity contribution < 1.29 is 9.90 Å². The molecule has 100 valence electrons. The second kappa shape index (κ2) is 7.01. The van der Waals surface area contributed by atoms with Crippen LogP contribution < -0.4 is 5.73 Å². The molecule has 0 spiro atoms. The Balaban J connectivity index is 2.51. The third kappa shape index (κ3) is 4.37. The zero-order chi connectivity index (χ0) is 13.5. The molecule has 0 saturated heterocycles. The molecule has 1 atom stereocenters. The molecule has 0 bridgehead atoms. The van der Waals surface area contributed by atoms with Crippen LogP contribution in [0, 0.1) is 0 Å². The zero-order valence-electron chi connectivity index (χ0n) is 11.1. The van der Waals surface area contributed by atoms with E-state index in [2.05, 4.69) is 6.92 Å². The van der Waals surface area contributed by atoms with Crippen LogP contribution in [0.3, 0.4) is 0 Å². The summed E-state index contributed by atoms with van der Waals surface area (Å²) >= 11 is 0. The van der Waals surface area contributed by atoms with Gasteiger partial charge >= 0.3 is 0 Å². The van der Waals surface area contributed by atoms with E-state index in [1.54, 1.807) is 36.2 Å². The summed E-state index contributed by atoms with van der Waals surface area (Å²) in [6.07, 6.45) is 2.75. The summed E-state index contributed by atoms with van der Waals surface area (Å²) in [6.45, 7) is 2.59. The number of phenolic OH excluding ortho intramolecular Hbond substituents is 1. The Morgan fingerprint density at radius 2 is 2.00 bits per heavy atom. The fourth-order valence-corrected chi connectivity index (χ4v) is 1.78. The van der Waals surface area contributed by atoms with Crippen LogP contribution in [0.15, 0.2) is 24.3 Å². The summed E-state index contributed by atoms with van der Waals surface area (Å²) in [6, 6.07) is 6.43. The molecule has 4 nitrogen and oxygen atoms in total. The highest BCUT2D eigenvalue weighted by atomic mass is 16.3. The van der Waals surface area contributed by atoms with E-state index < -0.39 is 6.04 Å². The third-order valence-electron chi connectivity index (χ3n) is 2.92. The molecule has 0 aromatic heterocycles. The molecule has 3 N–H and O–H groups in total. The van der Waals surface area contributed by atoms with E-state index in [1.807, 2.05) is 0 Å². The largest absolute Gasteiger partial charge is 0.508 e. The maximum absolute atomic E-state index is 12.0. The SMILES string of the molecule is CCCCC(N)C(=O)N(C)Cc1ccc(O)cc1. The van der Waals surface area contributed by atoms with Crippen LogP contribution in [0.2, 0.25) is 0 Å². The molecule has 1 amide bonds. The fraction of sp³-hybridized carbons (Fsp3) is 0.500. The van der Waals surface area contributed by atoms with Crippen molar-refractivity contribution in [2.75, 3.05) is 7.05 Å². The Morgan fingerprint density at radius 3 is 2.56 bits per heavy atom. The van der Waals surface area contributed by atoms with Crippen molar-refractivity contribution in [2.45, 2.75) is 38.8 Å². The van der Waals surface area contributed by atoms with E-state index in [0.29, 0.717) is 6.54 Å². The third-order valence-corrected chi connectivity index (χ3v) is 2.92. The van der Waals surface area contributed by atoms with Gasteiger partial charge in [0.25, 0.3) is 0 Å². The summed E-state index contributed by atoms with van der Waals surface area (Å²) in [5, 5.41) is 9.18. The van der Waals surface area contributed by atoms with Crippen molar-refractivity contribution >= 4 is 5.91 Å². The zero-order valence-corrected chi connectivity index (χ0v) is 11.1. The van der Waals surface area contributed by atoms with Crippen LogP contribution in [-0.2, 0) is 11.3 Å². The van der Waals surface area contributed by atoms with Crippen molar-refractivity contribution in [3.8, 4) is 5.75 Å². The first-order valence-electron chi connectivity index (χ1n) is 6.33. The summed E-state index contributed by atoms with van der Waals surface area (Å²) in [5.41, 5.74) is 6.83. The lowest BCUT2D eigenvalue weighted by Crippen LogP contribution is -2.41. The number of amides is 1. The smallest absolute Gasteiger partial charge is 0.239 e. The van der Waals surface area contributed by atoms with Gasteiger partial charge in [0.2, 0.25) is 5.91 Å². The number of nitrogens with two attached hydrogens (primary N) is 1. The first kappa shape index (κ1) is 14.5. The fourth-order valence-electron chi connectivity index (χ4n) is 1.78. The standard InChI is InChI=1S/C14H22N2O2/c1-3-4-5-13(15)14(18)16(2)10-11-6-8-12(17)9-7-11/h6-9,13,17H,3-5,10,15H2,1-2H3. The normalized spacial score (nSPS) is 12.2. The van der Waals surface area contributed by atoms with Gasteiger partial charge in [-0.3, -0.25) is 4.79 Å². The Labute approximate surface area is 108 Å². The van der Waals surface area contributed by atoms with E-state index in [0.717, 1.165) is 24.8 Å². The number of unbranched alkanes of at least 4 members (excludes halogenated alkanes) is 1. The molecule has 1 aromatic carbocycles. The van der Waals surface area contributed by atoms with Crippen molar-refractivity contribution in [3.63, 3.8) is 0 Å². The maximum Gasteiger partial charge on any atom is 0.239 e. The molecular formula is C14H22N2O2. The van der Waals surface area contributed by atoms with Gasteiger partial charge in [0.15, 0.2) is 0 Å². The van der Waals surface area contributed by atoms with Crippen molar-refractivity contribution in [3.05, 3.63) is 29.8 Å². The number of carbonyl (C=O) groups excluding carboxylic acids is 1. The van der Waals surface area contributed by atoms with E-state index in [1.165, 1.54) is 0 Å². The number of nitrogens with zero attached hydrogens (tertiary/aromatic N) is 1. The Morgan fingerprint density at radius 1 is 1.39 bits per heavy atom. The number of likely N-dealkylation sites (N-methyl/N-ethyl adjacent to an activating group) is 1. The van der Waals surface area contributed by atoms with Gasteiger partial charge in [-0.05, 0) is 24.1 Å². The molecule has 1 rings (SSSR count). The molecule has 0 radical (unpaired) electrons. The number of carbonyl (C=O) groups is 1. The second-order valence-electron chi connectivity index (χ2n) is 4.61. The minimum Gasteiger partial charge on any atom is -0.508 e. The van der Waals surface area contributed by atoms with Gasteiger partial charge in [0.05, 0.1) is 6.04 Å². The molecular weight excluding hydrogens is 228 g/mol. The van der Waals surface area contributed by atoms with E-state index >= 15 is 0 Å². The lowest BCUT2D eigenvalue weighted by Gasteiger charge is -2.21. The maximum atomic E-state index is 12.0. The molecule has 1 aromatic rings. The molecule has 0 aliphatic carbocycles. The minimum atomic E-state index is -0.410. The highest BCUT2D eigenvalue weighted by Gasteiger charge is 2.17. The van der Waals surface area contributed by atoms with Crippen molar-refractivity contribution in [1.82, 2.24) is 4.90 Å². The highest BCUT2D eigenvalue weighted by molar-refractivity contribution is 5.81. The minimum absolute atomic E-state index is 0.0310. The van der Waals surface area contributed by atoms with Gasteiger partial charge in [0.1, 0.15) is 5.75 Å². The number of hydrogen-bond acceptors (Lipinski definition) is 3. The first-order chi connectivity index (χ1) is 8.54. The molecule has 0 fully saturated rings. The first-order valence-corrected chi connectivity index (χ1v) is 6.33. The Hall–Kier alpha value is -1.55. The monoisotopic (exact) mass is 250 g/mol. The average Bonchev–Trinajstić information content (AvgIpc) is 2.37. The predicted octanol–water partition coefficient (Wildman–Crippen LogP) is 1.87. The van der Waals surface area contributed by atoms with E-state index in [9.17, 15) is 9.90 Å². The quantitative estimate of drug-likeness (QED) is 0.810. The molecule has 18 heavy (non-hydrogen) atoms. The summed E-state index contributed by atoms with van der Waals surface area (Å²) in [5.74, 6) is 0.198. The van der Waals surface area contributed by atoms with Gasteiger partial charge in [-0.15, -0.1) is 0 Å². The lowest BCUT2D eigenvalue weighted by atomic mass is 10.1. The molecule has 0 aliphatic heterocycles. The molecule has 4 heteroatoms. The van der Waals surface area contributed by atoms with Gasteiger partial charge in [-0.25, -0.2) is 0 Å². The molecule has 0 aliphatic rings. The van der Waals surface area contributed by atoms with Gasteiger partial charge < -0.3 is 15.7 Å². The van der Waals surface area contributed by atoms with Crippen molar-refractivity contribution in [1.29, 1.82) is 0 Å². The van der Waals surface area contributed by atoms with E-state index in [-0.39, 0.29) is 11.7 Å². The number of benzene rings is 1. The number of hydrogen-bond donors (Lipinski definition) is 2. The summed E-state index contributed by atoms with van der Waals surface area (Å²) in [7, 11) is 1.75. The molecule has 0 heterocycles. The van der Waals surface area contributed by atoms with Gasteiger partial charge in [-0.2, -0.15) is 0 Å². The van der Waals surface area contributed by atoms with Gasteiger partial charge in [-0.1, -0.05) is 31.9 Å². The van der Waals surface area contributed by atoms with Gasteiger partial charge in [0, 0.05) is 13.6 Å². The Bertz CT molecular complexity index is 376. The van der Waals surface area contributed by atoms with Crippen LogP contribution in [0.4, 0.5) is 0 Å². The number of aromatic hydroxyl groups is 1. The number of phenols is 1. The van der Waals surface area contributed by atoms with Crippen LogP contribution in [0.5, 0.6) is 5.75 Å². The summed E-state index contributed by atoms with van der Waals surface area (Å²) < 4.78 is 0. The Kier molecular flexibility index (Phi) is 5.65. The van der Waals surface area contributed by atoms with Crippen LogP contribution in [0.25, 0.3) is 0 Å². The highest BCUT2D eigenvalue weighted by Crippen LogP contribution is 2.12.